The smallest absolute Gasteiger partial charge is 0.330 e. The molecule has 0 radical (unpaired) electrons. The van der Waals surface area contributed by atoms with Crippen LogP contribution in [0.3, 0.4) is 0 Å². The highest BCUT2D eigenvalue weighted by molar-refractivity contribution is 7.81. The van der Waals surface area contributed by atoms with E-state index in [2.05, 4.69) is 17.6 Å². The molecule has 3 atom stereocenters. The Labute approximate surface area is 103 Å². The van der Waals surface area contributed by atoms with Crippen molar-refractivity contribution in [2.24, 2.45) is 0 Å². The predicted molar refractivity (Wildman–Crippen MR) is 64.4 cm³/mol. The van der Waals surface area contributed by atoms with Crippen molar-refractivity contribution in [1.29, 1.82) is 0 Å². The van der Waals surface area contributed by atoms with E-state index >= 15 is 0 Å². The van der Waals surface area contributed by atoms with Crippen LogP contribution in [0.1, 0.15) is 18.2 Å². The Morgan fingerprint density at radius 3 is 2.94 bits per heavy atom. The lowest BCUT2D eigenvalue weighted by Gasteiger charge is -2.14. The van der Waals surface area contributed by atoms with Crippen LogP contribution in [-0.2, 0) is 4.74 Å². The topological polar surface area (TPSA) is 84.3 Å². The quantitative estimate of drug-likeness (QED) is 0.620. The summed E-state index contributed by atoms with van der Waals surface area (Å²) >= 11 is 4.29. The molecule has 7 heteroatoms. The summed E-state index contributed by atoms with van der Waals surface area (Å²) in [6.07, 6.45) is 1.10. The molecule has 1 aromatic rings. The number of rotatable bonds is 2. The third-order valence-electron chi connectivity index (χ3n) is 2.84. The molecule has 1 aliphatic heterocycles. The molecule has 0 aromatic carbocycles. The second kappa shape index (κ2) is 4.67. The standard InChI is InChI=1S/C10H14N2O4S/c1-5-3-12(10(15)11-9(5)14)8-2-7(17)6(4-13)16-8/h3,6-8,13,17H,2,4H2,1H3,(H,11,14,15)/t6-,7+,8-/m1/s1. The summed E-state index contributed by atoms with van der Waals surface area (Å²) in [5.74, 6) is 0. The number of nitrogens with zero attached hydrogens (tertiary/aromatic N) is 1. The summed E-state index contributed by atoms with van der Waals surface area (Å²) in [5, 5.41) is 8.93. The van der Waals surface area contributed by atoms with Gasteiger partial charge in [0.05, 0.1) is 12.7 Å². The van der Waals surface area contributed by atoms with E-state index in [1.54, 1.807) is 6.92 Å². The summed E-state index contributed by atoms with van der Waals surface area (Å²) in [6, 6.07) is 0. The minimum absolute atomic E-state index is 0.121. The number of aliphatic hydroxyl groups is 1. The molecule has 1 fully saturated rings. The van der Waals surface area contributed by atoms with Crippen molar-refractivity contribution in [3.8, 4) is 0 Å². The fourth-order valence-corrected chi connectivity index (χ4v) is 2.20. The van der Waals surface area contributed by atoms with Crippen LogP contribution in [-0.4, -0.2) is 32.6 Å². The maximum absolute atomic E-state index is 11.6. The molecule has 0 amide bonds. The van der Waals surface area contributed by atoms with Gasteiger partial charge in [-0.1, -0.05) is 0 Å². The lowest BCUT2D eigenvalue weighted by atomic mass is 10.2. The number of nitrogens with one attached hydrogen (secondary N) is 1. The molecule has 1 saturated heterocycles. The Morgan fingerprint density at radius 1 is 1.65 bits per heavy atom. The van der Waals surface area contributed by atoms with Gasteiger partial charge < -0.3 is 9.84 Å². The molecule has 17 heavy (non-hydrogen) atoms. The van der Waals surface area contributed by atoms with Crippen molar-refractivity contribution in [1.82, 2.24) is 9.55 Å². The Balaban J connectivity index is 2.34. The van der Waals surface area contributed by atoms with Gasteiger partial charge in [-0.2, -0.15) is 12.6 Å². The molecule has 0 unspecified atom stereocenters. The zero-order chi connectivity index (χ0) is 12.6. The van der Waals surface area contributed by atoms with Gasteiger partial charge in [0.15, 0.2) is 0 Å². The highest BCUT2D eigenvalue weighted by Gasteiger charge is 2.34. The summed E-state index contributed by atoms with van der Waals surface area (Å²) in [4.78, 5) is 25.1. The number of hydrogen-bond donors (Lipinski definition) is 3. The van der Waals surface area contributed by atoms with Crippen LogP contribution in [0.5, 0.6) is 0 Å². The fraction of sp³-hybridized carbons (Fsp3) is 0.600. The summed E-state index contributed by atoms with van der Waals surface area (Å²) in [6.45, 7) is 1.48. The number of thiol groups is 1. The number of ether oxygens (including phenoxy) is 1. The molecule has 0 spiro atoms. The number of hydrogen-bond acceptors (Lipinski definition) is 5. The van der Waals surface area contributed by atoms with Crippen molar-refractivity contribution in [3.63, 3.8) is 0 Å². The Kier molecular flexibility index (Phi) is 3.41. The van der Waals surface area contributed by atoms with E-state index in [0.29, 0.717) is 12.0 Å². The van der Waals surface area contributed by atoms with E-state index in [0.717, 1.165) is 0 Å². The number of aryl methyl sites for hydroxylation is 1. The minimum atomic E-state index is -0.510. The highest BCUT2D eigenvalue weighted by Crippen LogP contribution is 2.30. The summed E-state index contributed by atoms with van der Waals surface area (Å²) < 4.78 is 6.83. The van der Waals surface area contributed by atoms with Crippen molar-refractivity contribution < 1.29 is 9.84 Å². The first-order valence-electron chi connectivity index (χ1n) is 5.29. The number of aromatic amines is 1. The van der Waals surface area contributed by atoms with Crippen LogP contribution in [0.2, 0.25) is 0 Å². The zero-order valence-electron chi connectivity index (χ0n) is 9.29. The molecule has 2 rings (SSSR count). The fourth-order valence-electron chi connectivity index (χ4n) is 1.85. The molecule has 0 bridgehead atoms. The first-order valence-corrected chi connectivity index (χ1v) is 5.81. The van der Waals surface area contributed by atoms with E-state index in [1.165, 1.54) is 10.8 Å². The zero-order valence-corrected chi connectivity index (χ0v) is 10.2. The molecule has 1 aliphatic rings. The molecule has 94 valence electrons. The van der Waals surface area contributed by atoms with Gasteiger partial charge in [0.25, 0.3) is 5.56 Å². The molecule has 1 aromatic heterocycles. The molecule has 0 saturated carbocycles. The monoisotopic (exact) mass is 258 g/mol. The van der Waals surface area contributed by atoms with Gasteiger partial charge in [-0.05, 0) is 6.92 Å². The molecule has 2 N–H and O–H groups in total. The molecule has 0 aliphatic carbocycles. The van der Waals surface area contributed by atoms with Gasteiger partial charge in [-0.15, -0.1) is 0 Å². The Morgan fingerprint density at radius 2 is 2.35 bits per heavy atom. The predicted octanol–water partition coefficient (Wildman–Crippen LogP) is -0.577. The summed E-state index contributed by atoms with van der Waals surface area (Å²) in [5.41, 5.74) is -0.466. The molecular formula is C10H14N2O4S. The number of H-pyrrole nitrogens is 1. The second-order valence-corrected chi connectivity index (χ2v) is 4.76. The van der Waals surface area contributed by atoms with Crippen molar-refractivity contribution in [2.75, 3.05) is 6.61 Å². The van der Waals surface area contributed by atoms with Gasteiger partial charge in [0, 0.05) is 23.4 Å². The van der Waals surface area contributed by atoms with Crippen molar-refractivity contribution in [3.05, 3.63) is 32.6 Å². The van der Waals surface area contributed by atoms with Crippen LogP contribution >= 0.6 is 12.6 Å². The second-order valence-electron chi connectivity index (χ2n) is 4.09. The van der Waals surface area contributed by atoms with Crippen molar-refractivity contribution in [2.45, 2.75) is 30.9 Å². The molecule has 6 nitrogen and oxygen atoms in total. The van der Waals surface area contributed by atoms with E-state index in [4.69, 9.17) is 9.84 Å². The number of aromatic nitrogens is 2. The van der Waals surface area contributed by atoms with Crippen molar-refractivity contribution >= 4 is 12.6 Å². The van der Waals surface area contributed by atoms with E-state index in [9.17, 15) is 9.59 Å². The van der Waals surface area contributed by atoms with Crippen LogP contribution in [0, 0.1) is 6.92 Å². The Hall–Kier alpha value is -1.05. The highest BCUT2D eigenvalue weighted by atomic mass is 32.1. The minimum Gasteiger partial charge on any atom is -0.394 e. The normalized spacial score (nSPS) is 28.5. The largest absolute Gasteiger partial charge is 0.394 e. The first-order chi connectivity index (χ1) is 8.02. The van der Waals surface area contributed by atoms with Crippen LogP contribution < -0.4 is 11.2 Å². The average Bonchev–Trinajstić information content (AvgIpc) is 2.65. The average molecular weight is 258 g/mol. The third kappa shape index (κ3) is 2.31. The SMILES string of the molecule is Cc1cn([C@H]2C[C@H](S)[C@@H](CO)O2)c(=O)[nH]c1=O. The van der Waals surface area contributed by atoms with Gasteiger partial charge in [0.1, 0.15) is 6.23 Å². The summed E-state index contributed by atoms with van der Waals surface area (Å²) in [7, 11) is 0. The van der Waals surface area contributed by atoms with E-state index in [1.807, 2.05) is 0 Å². The van der Waals surface area contributed by atoms with Gasteiger partial charge >= 0.3 is 5.69 Å². The van der Waals surface area contributed by atoms with Gasteiger partial charge in [-0.3, -0.25) is 14.3 Å². The third-order valence-corrected chi connectivity index (χ3v) is 3.38. The van der Waals surface area contributed by atoms with Crippen LogP contribution in [0.25, 0.3) is 0 Å². The van der Waals surface area contributed by atoms with E-state index in [-0.39, 0.29) is 18.0 Å². The van der Waals surface area contributed by atoms with E-state index < -0.39 is 17.5 Å². The lowest BCUT2D eigenvalue weighted by molar-refractivity contribution is -0.0237. The molecule has 2 heterocycles. The maximum Gasteiger partial charge on any atom is 0.330 e. The molecular weight excluding hydrogens is 244 g/mol. The van der Waals surface area contributed by atoms with Crippen LogP contribution in [0.4, 0.5) is 0 Å². The van der Waals surface area contributed by atoms with Crippen LogP contribution in [0.15, 0.2) is 15.8 Å². The Bertz CT molecular complexity index is 524. The lowest BCUT2D eigenvalue weighted by Crippen LogP contribution is -2.33. The maximum atomic E-state index is 11.6. The number of aliphatic hydroxyl groups excluding tert-OH is 1. The van der Waals surface area contributed by atoms with Gasteiger partial charge in [0.2, 0.25) is 0 Å². The first kappa shape index (κ1) is 12.4. The van der Waals surface area contributed by atoms with Gasteiger partial charge in [-0.25, -0.2) is 4.79 Å².